The molecular formula is C28H24O2. The average molecular weight is 392 g/mol. The van der Waals surface area contributed by atoms with Crippen LogP contribution < -0.4 is 0 Å². The van der Waals surface area contributed by atoms with Crippen LogP contribution in [0, 0.1) is 0 Å². The van der Waals surface area contributed by atoms with Crippen molar-refractivity contribution in [2.45, 2.75) is 13.3 Å². The molecule has 0 amide bonds. The van der Waals surface area contributed by atoms with Crippen LogP contribution in [0.15, 0.2) is 115 Å². The van der Waals surface area contributed by atoms with Gasteiger partial charge in [-0.25, -0.2) is 0 Å². The van der Waals surface area contributed by atoms with E-state index in [1.54, 1.807) is 0 Å². The number of carbonyl (C=O) groups excluding carboxylic acids is 2. The molecule has 4 aromatic carbocycles. The van der Waals surface area contributed by atoms with E-state index in [0.29, 0.717) is 0 Å². The molecule has 0 radical (unpaired) electrons. The largest absolute Gasteiger partial charge is 0.289 e. The first kappa shape index (κ1) is 20.9. The second kappa shape index (κ2) is 10.7. The van der Waals surface area contributed by atoms with Crippen LogP contribution in [0.3, 0.4) is 0 Å². The Kier molecular flexibility index (Phi) is 7.45. The SMILES string of the molecule is CCc1ccccc1C(=O)c1ccccc1.O=C(c1ccccc1)c1ccccc1. The van der Waals surface area contributed by atoms with Crippen LogP contribution in [0.2, 0.25) is 0 Å². The van der Waals surface area contributed by atoms with E-state index >= 15 is 0 Å². The highest BCUT2D eigenvalue weighted by Gasteiger charge is 2.11. The molecule has 0 bridgehead atoms. The molecule has 0 aliphatic carbocycles. The number of ketones is 2. The van der Waals surface area contributed by atoms with E-state index in [2.05, 4.69) is 6.92 Å². The number of hydrogen-bond donors (Lipinski definition) is 0. The maximum atomic E-state index is 12.2. The van der Waals surface area contributed by atoms with Gasteiger partial charge in [0.1, 0.15) is 0 Å². The Balaban J connectivity index is 0.000000172. The smallest absolute Gasteiger partial charge is 0.193 e. The van der Waals surface area contributed by atoms with E-state index in [0.717, 1.165) is 34.2 Å². The maximum Gasteiger partial charge on any atom is 0.193 e. The van der Waals surface area contributed by atoms with Gasteiger partial charge < -0.3 is 0 Å². The van der Waals surface area contributed by atoms with Gasteiger partial charge in [-0.1, -0.05) is 122 Å². The second-order valence-corrected chi connectivity index (χ2v) is 6.77. The van der Waals surface area contributed by atoms with Gasteiger partial charge >= 0.3 is 0 Å². The van der Waals surface area contributed by atoms with Gasteiger partial charge in [0.2, 0.25) is 0 Å². The van der Waals surface area contributed by atoms with Gasteiger partial charge in [-0.2, -0.15) is 0 Å². The first-order chi connectivity index (χ1) is 14.7. The molecule has 30 heavy (non-hydrogen) atoms. The van der Waals surface area contributed by atoms with Crippen molar-refractivity contribution in [3.8, 4) is 0 Å². The predicted molar refractivity (Wildman–Crippen MR) is 122 cm³/mol. The maximum absolute atomic E-state index is 12.2. The molecular weight excluding hydrogens is 368 g/mol. The van der Waals surface area contributed by atoms with Gasteiger partial charge in [0.25, 0.3) is 0 Å². The molecule has 0 unspecified atom stereocenters. The Morgan fingerprint density at radius 3 is 1.30 bits per heavy atom. The number of rotatable bonds is 5. The number of aryl methyl sites for hydroxylation is 1. The minimum absolute atomic E-state index is 0.0752. The summed E-state index contributed by atoms with van der Waals surface area (Å²) in [5.41, 5.74) is 4.15. The normalized spacial score (nSPS) is 9.90. The lowest BCUT2D eigenvalue weighted by atomic mass is 9.97. The monoisotopic (exact) mass is 392 g/mol. The van der Waals surface area contributed by atoms with Gasteiger partial charge in [-0.3, -0.25) is 9.59 Å². The molecule has 0 atom stereocenters. The molecule has 0 saturated heterocycles. The van der Waals surface area contributed by atoms with Gasteiger partial charge in [0.05, 0.1) is 0 Å². The van der Waals surface area contributed by atoms with Crippen LogP contribution in [0.4, 0.5) is 0 Å². The Hall–Kier alpha value is -3.78. The number of hydrogen-bond acceptors (Lipinski definition) is 2. The van der Waals surface area contributed by atoms with Gasteiger partial charge in [-0.05, 0) is 12.0 Å². The number of benzene rings is 4. The highest BCUT2D eigenvalue weighted by Crippen LogP contribution is 2.15. The minimum atomic E-state index is 0.0752. The van der Waals surface area contributed by atoms with Crippen LogP contribution in [0.1, 0.15) is 44.3 Å². The van der Waals surface area contributed by atoms with Crippen LogP contribution in [-0.2, 0) is 6.42 Å². The van der Waals surface area contributed by atoms with Crippen molar-refractivity contribution in [1.29, 1.82) is 0 Å². The summed E-state index contributed by atoms with van der Waals surface area (Å²) in [6, 6.07) is 35.8. The predicted octanol–water partition coefficient (Wildman–Crippen LogP) is 6.40. The second-order valence-electron chi connectivity index (χ2n) is 6.77. The standard InChI is InChI=1S/C15H14O.C13H10O/c1-2-12-8-6-7-11-14(12)15(16)13-9-4-3-5-10-13;14-13(11-7-3-1-4-8-11)12-9-5-2-6-10-12/h3-11H,2H2,1H3;1-10H. The quantitative estimate of drug-likeness (QED) is 0.368. The van der Waals surface area contributed by atoms with Crippen molar-refractivity contribution in [2.75, 3.05) is 0 Å². The molecule has 148 valence electrons. The molecule has 0 aliphatic rings. The Labute approximate surface area is 177 Å². The molecule has 0 fully saturated rings. The Morgan fingerprint density at radius 2 is 0.867 bits per heavy atom. The first-order valence-electron chi connectivity index (χ1n) is 10.0. The molecule has 0 saturated carbocycles. The molecule has 0 aromatic heterocycles. The fourth-order valence-electron chi connectivity index (χ4n) is 3.14. The van der Waals surface area contributed by atoms with Gasteiger partial charge in [0, 0.05) is 22.3 Å². The number of carbonyl (C=O) groups is 2. The minimum Gasteiger partial charge on any atom is -0.289 e. The van der Waals surface area contributed by atoms with Crippen LogP contribution in [-0.4, -0.2) is 11.6 Å². The van der Waals surface area contributed by atoms with Crippen LogP contribution in [0.25, 0.3) is 0 Å². The zero-order chi connectivity index (χ0) is 21.2. The Bertz CT molecular complexity index is 1040. The summed E-state index contributed by atoms with van der Waals surface area (Å²) in [5.74, 6) is 0.184. The Morgan fingerprint density at radius 1 is 0.500 bits per heavy atom. The summed E-state index contributed by atoms with van der Waals surface area (Å²) in [5, 5.41) is 0. The van der Waals surface area contributed by atoms with E-state index in [1.807, 2.05) is 115 Å². The summed E-state index contributed by atoms with van der Waals surface area (Å²) in [6.45, 7) is 2.07. The summed E-state index contributed by atoms with van der Waals surface area (Å²) in [6.07, 6.45) is 0.884. The van der Waals surface area contributed by atoms with Gasteiger partial charge in [-0.15, -0.1) is 0 Å². The third-order valence-corrected chi connectivity index (χ3v) is 4.75. The van der Waals surface area contributed by atoms with Crippen molar-refractivity contribution in [2.24, 2.45) is 0 Å². The van der Waals surface area contributed by atoms with Crippen molar-refractivity contribution < 1.29 is 9.59 Å². The average Bonchev–Trinajstić information content (AvgIpc) is 2.85. The lowest BCUT2D eigenvalue weighted by Crippen LogP contribution is -2.04. The summed E-state index contributed by atoms with van der Waals surface area (Å²) < 4.78 is 0. The van der Waals surface area contributed by atoms with E-state index in [1.165, 1.54) is 0 Å². The third kappa shape index (κ3) is 5.39. The lowest BCUT2D eigenvalue weighted by molar-refractivity contribution is 0.103. The zero-order valence-electron chi connectivity index (χ0n) is 17.0. The van der Waals surface area contributed by atoms with Crippen molar-refractivity contribution in [3.63, 3.8) is 0 Å². The van der Waals surface area contributed by atoms with Crippen molar-refractivity contribution >= 4 is 11.6 Å². The fourth-order valence-corrected chi connectivity index (χ4v) is 3.14. The third-order valence-electron chi connectivity index (χ3n) is 4.75. The first-order valence-corrected chi connectivity index (χ1v) is 10.0. The molecule has 0 spiro atoms. The molecule has 2 nitrogen and oxygen atoms in total. The van der Waals surface area contributed by atoms with Crippen molar-refractivity contribution in [1.82, 2.24) is 0 Å². The van der Waals surface area contributed by atoms with Crippen molar-refractivity contribution in [3.05, 3.63) is 143 Å². The van der Waals surface area contributed by atoms with E-state index in [9.17, 15) is 9.59 Å². The lowest BCUT2D eigenvalue weighted by Gasteiger charge is -2.06. The topological polar surface area (TPSA) is 34.1 Å². The van der Waals surface area contributed by atoms with Crippen LogP contribution >= 0.6 is 0 Å². The molecule has 2 heteroatoms. The van der Waals surface area contributed by atoms with E-state index in [-0.39, 0.29) is 11.6 Å². The highest BCUT2D eigenvalue weighted by molar-refractivity contribution is 6.10. The van der Waals surface area contributed by atoms with Crippen LogP contribution in [0.5, 0.6) is 0 Å². The fraction of sp³-hybridized carbons (Fsp3) is 0.0714. The summed E-state index contributed by atoms with van der Waals surface area (Å²) in [4.78, 5) is 24.1. The molecule has 0 N–H and O–H groups in total. The van der Waals surface area contributed by atoms with Gasteiger partial charge in [0.15, 0.2) is 11.6 Å². The molecule has 4 aromatic rings. The molecule has 0 heterocycles. The zero-order valence-corrected chi connectivity index (χ0v) is 17.0. The summed E-state index contributed by atoms with van der Waals surface area (Å²) in [7, 11) is 0. The highest BCUT2D eigenvalue weighted by atomic mass is 16.1. The van der Waals surface area contributed by atoms with E-state index < -0.39 is 0 Å². The van der Waals surface area contributed by atoms with E-state index in [4.69, 9.17) is 0 Å². The molecule has 4 rings (SSSR count). The summed E-state index contributed by atoms with van der Waals surface area (Å²) >= 11 is 0. The molecule has 0 aliphatic heterocycles.